The van der Waals surface area contributed by atoms with Crippen molar-refractivity contribution in [3.05, 3.63) is 315 Å². The summed E-state index contributed by atoms with van der Waals surface area (Å²) in [6.07, 6.45) is 5.50. The van der Waals surface area contributed by atoms with E-state index in [1.54, 1.807) is 45.4 Å². The summed E-state index contributed by atoms with van der Waals surface area (Å²) in [6, 6.07) is 68.4. The number of aryl methyl sites for hydroxylation is 1. The Labute approximate surface area is 755 Å². The Bertz CT molecular complexity index is 7440. The van der Waals surface area contributed by atoms with Gasteiger partial charge in [-0.25, -0.2) is 29.9 Å². The van der Waals surface area contributed by atoms with E-state index in [2.05, 4.69) is 90.3 Å². The predicted molar refractivity (Wildman–Crippen MR) is 499 cm³/mol. The first kappa shape index (κ1) is 86.2. The first-order valence-corrected chi connectivity index (χ1v) is 43.1. The van der Waals surface area contributed by atoms with Crippen molar-refractivity contribution in [2.24, 2.45) is 0 Å². The van der Waals surface area contributed by atoms with E-state index < -0.39 is 0 Å². The van der Waals surface area contributed by atoms with Gasteiger partial charge in [0.15, 0.2) is 34.8 Å². The lowest BCUT2D eigenvalue weighted by Gasteiger charge is -2.08. The molecule has 9 aromatic carbocycles. The Morgan fingerprint density at radius 3 is 1.39 bits per heavy atom. The van der Waals surface area contributed by atoms with Gasteiger partial charge >= 0.3 is 5.88 Å². The van der Waals surface area contributed by atoms with Gasteiger partial charge in [0.05, 0.1) is 120 Å². The number of ether oxygens (including phenoxy) is 4. The van der Waals surface area contributed by atoms with E-state index in [4.69, 9.17) is 32.8 Å². The summed E-state index contributed by atoms with van der Waals surface area (Å²) >= 11 is 0. The lowest BCUT2D eigenvalue weighted by Crippen LogP contribution is -2.24. The zero-order valence-electron chi connectivity index (χ0n) is 72.5. The van der Waals surface area contributed by atoms with Gasteiger partial charge in [0.2, 0.25) is 0 Å². The quantitative estimate of drug-likeness (QED) is 0.0159. The zero-order chi connectivity index (χ0) is 90.9. The monoisotopic (exact) mass is 1760 g/mol. The molecule has 0 bridgehead atoms. The molecule has 14 heterocycles. The second-order valence-electron chi connectivity index (χ2n) is 31.5. The third-order valence-corrected chi connectivity index (χ3v) is 22.9. The topological polar surface area (TPSA) is 359 Å². The summed E-state index contributed by atoms with van der Waals surface area (Å²) in [5.74, 6) is 14.2. The number of allylic oxidation sites excluding steroid dienone is 1. The van der Waals surface area contributed by atoms with Crippen LogP contribution in [0.25, 0.3) is 102 Å². The van der Waals surface area contributed by atoms with Gasteiger partial charge in [-0.3, -0.25) is 28.8 Å². The average molecular weight is 1760 g/mol. The molecule has 0 atom stereocenters. The maximum Gasteiger partial charge on any atom is 0.384 e. The van der Waals surface area contributed by atoms with Gasteiger partial charge < -0.3 is 87.0 Å². The number of para-hydroxylation sites is 6. The second-order valence-corrected chi connectivity index (χ2v) is 31.5. The fourth-order valence-electron chi connectivity index (χ4n) is 16.8. The number of aromatic nitrogens is 12. The molecule has 132 heavy (non-hydrogen) atoms. The molecule has 17 aromatic rings. The van der Waals surface area contributed by atoms with Crippen LogP contribution in [-0.2, 0) is 79.9 Å². The first-order valence-electron chi connectivity index (χ1n) is 43.1. The average Bonchev–Trinajstić information content (AvgIpc) is 1.58. The minimum absolute atomic E-state index is 0.0294. The molecule has 0 radical (unpaired) electrons. The van der Waals surface area contributed by atoms with Gasteiger partial charge in [0, 0.05) is 96.6 Å². The molecule has 31 nitrogen and oxygen atoms in total. The zero-order valence-corrected chi connectivity index (χ0v) is 72.5. The molecule has 23 rings (SSSR count). The SMILES string of the molecule is C=C(C)OCc1ccc(-c2nc3cccc4c3n2CCNC4=O)o1.C=[N+]([O-])c1ccc(-c2nc3cccc4c3n2CCNC4=O)o1.COCc1nc2cccc3c2n1CCNC3=O.COc1ccc(/C=C/c2nc3cccc4c3n2CCCC4=O)cc1.O=C1NCCn2c(C#Cc3ccccc3)nc3cccc1c32.O=C1NCCn2c(COCc3ccccc3)nc3cccc1c32. The van der Waals surface area contributed by atoms with Crippen LogP contribution in [0.3, 0.4) is 0 Å². The number of imidazole rings is 6. The number of nitrogens with one attached hydrogen (secondary N) is 5. The molecule has 0 saturated carbocycles. The molecule has 0 spiro atoms. The van der Waals surface area contributed by atoms with Crippen LogP contribution in [0, 0.1) is 17.0 Å². The van der Waals surface area contributed by atoms with Crippen LogP contribution in [-0.4, -0.2) is 151 Å². The molecule has 6 aliphatic heterocycles. The van der Waals surface area contributed by atoms with E-state index in [0.717, 1.165) is 137 Å². The Morgan fingerprint density at radius 2 is 0.886 bits per heavy atom. The molecule has 31 heteroatoms. The molecule has 5 N–H and O–H groups in total. The number of hydrogen-bond donors (Lipinski definition) is 5. The number of rotatable bonds is 15. The van der Waals surface area contributed by atoms with Gasteiger partial charge in [-0.05, 0) is 152 Å². The van der Waals surface area contributed by atoms with E-state index in [9.17, 15) is 34.0 Å². The molecule has 0 fully saturated rings. The lowest BCUT2D eigenvalue weighted by atomic mass is 10.1. The highest BCUT2D eigenvalue weighted by Gasteiger charge is 2.29. The van der Waals surface area contributed by atoms with Crippen LogP contribution in [0.15, 0.2) is 240 Å². The Morgan fingerprint density at radius 1 is 0.439 bits per heavy atom. The summed E-state index contributed by atoms with van der Waals surface area (Å²) < 4.78 is 45.6. The third kappa shape index (κ3) is 18.1. The highest BCUT2D eigenvalue weighted by Crippen LogP contribution is 2.35. The van der Waals surface area contributed by atoms with E-state index >= 15 is 0 Å². The third-order valence-electron chi connectivity index (χ3n) is 22.9. The van der Waals surface area contributed by atoms with Crippen LogP contribution < -0.4 is 31.3 Å². The molecular formula is C101H90N18O13. The summed E-state index contributed by atoms with van der Waals surface area (Å²) in [6.45, 7) is 17.6. The predicted octanol–water partition coefficient (Wildman–Crippen LogP) is 14.8. The fourth-order valence-corrected chi connectivity index (χ4v) is 16.8. The summed E-state index contributed by atoms with van der Waals surface area (Å²) in [5.41, 5.74) is 17.4. The molecule has 6 aliphatic rings. The van der Waals surface area contributed by atoms with E-state index in [-0.39, 0.29) is 41.2 Å². The number of amides is 5. The molecule has 0 unspecified atom stereocenters. The Hall–Kier alpha value is -16.6. The van der Waals surface area contributed by atoms with Gasteiger partial charge in [-0.1, -0.05) is 116 Å². The smallest absolute Gasteiger partial charge is 0.384 e. The first-order chi connectivity index (χ1) is 64.5. The Balaban J connectivity index is 0.000000107. The van der Waals surface area contributed by atoms with Crippen LogP contribution >= 0.6 is 0 Å². The second kappa shape index (κ2) is 38.5. The van der Waals surface area contributed by atoms with Crippen molar-refractivity contribution < 1.29 is 61.3 Å². The molecule has 0 aliphatic carbocycles. The number of nitrogens with zero attached hydrogens (tertiary/aromatic N) is 13. The van der Waals surface area contributed by atoms with Crippen molar-refractivity contribution in [2.75, 3.05) is 46.9 Å². The molecular weight excluding hydrogens is 1670 g/mol. The van der Waals surface area contributed by atoms with E-state index in [1.165, 1.54) is 0 Å². The van der Waals surface area contributed by atoms with Gasteiger partial charge in [0.1, 0.15) is 55.5 Å². The maximum atomic E-state index is 12.3. The molecule has 5 amide bonds. The number of methoxy groups -OCH3 is 2. The molecule has 0 saturated heterocycles. The normalized spacial score (nSPS) is 13.9. The maximum absolute atomic E-state index is 12.3. The highest BCUT2D eigenvalue weighted by atomic mass is 16.5. The van der Waals surface area contributed by atoms with E-state index in [0.29, 0.717) is 159 Å². The van der Waals surface area contributed by atoms with Crippen molar-refractivity contribution in [1.82, 2.24) is 83.9 Å². The van der Waals surface area contributed by atoms with Crippen LogP contribution in [0.5, 0.6) is 5.75 Å². The number of benzene rings is 9. The van der Waals surface area contributed by atoms with Crippen molar-refractivity contribution in [3.8, 4) is 40.8 Å². The summed E-state index contributed by atoms with van der Waals surface area (Å²) in [7, 11) is 3.31. The van der Waals surface area contributed by atoms with Crippen molar-refractivity contribution in [2.45, 2.75) is 85.5 Å². The van der Waals surface area contributed by atoms with Gasteiger partial charge in [0.25, 0.3) is 29.5 Å². The van der Waals surface area contributed by atoms with Gasteiger partial charge in [-0.15, -0.1) is 4.74 Å². The number of carbonyl (C=O) groups is 6. The van der Waals surface area contributed by atoms with Crippen LogP contribution in [0.1, 0.15) is 128 Å². The lowest BCUT2D eigenvalue weighted by molar-refractivity contribution is -0.368. The fraction of sp³-hybridized carbons (Fsp3) is 0.198. The Kier molecular flexibility index (Phi) is 25.2. The largest absolute Gasteiger partial charge is 0.616 e. The van der Waals surface area contributed by atoms with E-state index in [1.807, 2.05) is 220 Å². The molecule has 662 valence electrons. The highest BCUT2D eigenvalue weighted by molar-refractivity contribution is 6.10. The van der Waals surface area contributed by atoms with Crippen LogP contribution in [0.4, 0.5) is 5.88 Å². The van der Waals surface area contributed by atoms with Gasteiger partial charge in [-0.2, -0.15) is 0 Å². The number of Topliss-reactive ketones (excluding diaryl/α,β-unsaturated/α-hetero) is 1. The standard InChI is InChI=1S/C20H18N2O2.C18H17N3O3.C18H17N3O2.C18H13N3O.C15H12N4O3.C12H13N3O2/c1-24-15-10-7-14(8-11-15)9-12-19-21-17-5-2-4-16-18(23)6-3-13-22(19)20(16)17;1-11(2)23-10-12-6-7-15(24-12)17-20-14-5-3-4-13-16(14)21(17)9-8-19-18(13)22;22-18-14-7-4-8-15-17(14)21(10-9-19-18)16(20-15)12-23-11-13-5-2-1-3-6-13;22-18-14-7-4-8-15-17(14)21(12-11-19-18)16(20-15)10-9-13-5-2-1-3-6-13;1-18(21)12-6-5-11(22-12)14-17-10-4-2-3-9-13(10)19(14)8-7-16-15(9)20;1-17-7-10-14-9-4-2-3-8-11(9)15(10)6-5-13-12(8)16/h2,4-5,7-12H,3,6,13H2,1H3;3-7H,1,8-10H2,2H3,(H,19,22);1-8H,9-12H2,(H,19,22);1-8H,11-12H2,(H,19,22);2-6H,1,7-8H2,(H,16,20);2-4H,5-7H2,1H3,(H,13,16)/b12-9+;;;;;. The van der Waals surface area contributed by atoms with Crippen molar-refractivity contribution in [3.63, 3.8) is 0 Å². The summed E-state index contributed by atoms with van der Waals surface area (Å²) in [5, 5.41) is 25.7. The molecule has 8 aromatic heterocycles. The minimum Gasteiger partial charge on any atom is -0.616 e. The minimum atomic E-state index is -0.112. The summed E-state index contributed by atoms with van der Waals surface area (Å²) in [4.78, 5) is 100. The number of hydrogen-bond acceptors (Lipinski definition) is 19. The van der Waals surface area contributed by atoms with Crippen molar-refractivity contribution >= 4 is 126 Å². The number of ketones is 1. The van der Waals surface area contributed by atoms with Crippen LogP contribution in [0.2, 0.25) is 0 Å². The number of furan rings is 2. The number of carbonyl (C=O) groups excluding carboxylic acids is 6. The van der Waals surface area contributed by atoms with Crippen molar-refractivity contribution in [1.29, 1.82) is 0 Å².